The Bertz CT molecular complexity index is 405. The van der Waals surface area contributed by atoms with E-state index >= 15 is 0 Å². The Hall–Kier alpha value is -1.15. The minimum atomic E-state index is 1.10. The van der Waals surface area contributed by atoms with E-state index in [0.717, 1.165) is 12.8 Å². The van der Waals surface area contributed by atoms with Gasteiger partial charge >= 0.3 is 0 Å². The first-order chi connectivity index (χ1) is 7.34. The Balaban J connectivity index is 1.80. The summed E-state index contributed by atoms with van der Waals surface area (Å²) in [6.07, 6.45) is 3.43. The fourth-order valence-corrected chi connectivity index (χ4v) is 2.29. The van der Waals surface area contributed by atoms with Gasteiger partial charge in [-0.1, -0.05) is 30.3 Å². The van der Waals surface area contributed by atoms with Crippen molar-refractivity contribution in [2.75, 3.05) is 0 Å². The van der Waals surface area contributed by atoms with E-state index in [0.29, 0.717) is 0 Å². The van der Waals surface area contributed by atoms with E-state index in [2.05, 4.69) is 47.6 Å². The molecule has 0 aliphatic heterocycles. The summed E-state index contributed by atoms with van der Waals surface area (Å²) in [7, 11) is 0. The van der Waals surface area contributed by atoms with Gasteiger partial charge in [-0.15, -0.1) is 11.3 Å². The molecule has 0 aliphatic carbocycles. The summed E-state index contributed by atoms with van der Waals surface area (Å²) in [6, 6.07) is 10.6. The van der Waals surface area contributed by atoms with Crippen LogP contribution >= 0.6 is 11.3 Å². The second kappa shape index (κ2) is 5.08. The van der Waals surface area contributed by atoms with E-state index in [1.165, 1.54) is 22.7 Å². The third-order valence-corrected chi connectivity index (χ3v) is 3.23. The van der Waals surface area contributed by atoms with Gasteiger partial charge in [0.25, 0.3) is 0 Å². The van der Waals surface area contributed by atoms with Crippen molar-refractivity contribution in [3.05, 3.63) is 52.0 Å². The van der Waals surface area contributed by atoms with Crippen LogP contribution in [0.25, 0.3) is 0 Å². The second-order valence-electron chi connectivity index (χ2n) is 3.70. The predicted octanol–water partition coefficient (Wildman–Crippen LogP) is 3.63. The van der Waals surface area contributed by atoms with E-state index in [1.807, 2.05) is 0 Å². The third kappa shape index (κ3) is 3.17. The van der Waals surface area contributed by atoms with Crippen LogP contribution in [0.2, 0.25) is 0 Å². The van der Waals surface area contributed by atoms with E-state index in [1.54, 1.807) is 11.3 Å². The highest BCUT2D eigenvalue weighted by atomic mass is 32.1. The van der Waals surface area contributed by atoms with Gasteiger partial charge < -0.3 is 0 Å². The van der Waals surface area contributed by atoms with E-state index in [9.17, 15) is 0 Å². The molecule has 1 nitrogen and oxygen atoms in total. The van der Waals surface area contributed by atoms with Gasteiger partial charge in [0.1, 0.15) is 0 Å². The topological polar surface area (TPSA) is 12.9 Å². The molecule has 2 rings (SSSR count). The first-order valence-corrected chi connectivity index (χ1v) is 6.17. The average molecular weight is 217 g/mol. The minimum Gasteiger partial charge on any atom is -0.247 e. The highest BCUT2D eigenvalue weighted by Gasteiger charge is 1.98. The van der Waals surface area contributed by atoms with Gasteiger partial charge in [-0.3, -0.25) is 0 Å². The van der Waals surface area contributed by atoms with E-state index in [4.69, 9.17) is 0 Å². The number of nitrogens with zero attached hydrogens (tertiary/aromatic N) is 1. The molecule has 1 aromatic heterocycles. The van der Waals surface area contributed by atoms with Gasteiger partial charge in [0.05, 0.1) is 10.7 Å². The molecular weight excluding hydrogens is 202 g/mol. The largest absolute Gasteiger partial charge is 0.247 e. The molecule has 15 heavy (non-hydrogen) atoms. The van der Waals surface area contributed by atoms with Crippen LogP contribution in [0.4, 0.5) is 0 Å². The van der Waals surface area contributed by atoms with Gasteiger partial charge in [0, 0.05) is 5.38 Å². The molecular formula is C13H15NS. The summed E-state index contributed by atoms with van der Waals surface area (Å²) in [5.74, 6) is 0. The molecule has 0 saturated carbocycles. The molecule has 0 bridgehead atoms. The molecule has 0 aliphatic rings. The van der Waals surface area contributed by atoms with Gasteiger partial charge in [-0.25, -0.2) is 4.98 Å². The maximum Gasteiger partial charge on any atom is 0.0897 e. The molecule has 0 fully saturated rings. The molecule has 0 atom stereocenters. The number of benzene rings is 1. The molecule has 0 unspecified atom stereocenters. The predicted molar refractivity (Wildman–Crippen MR) is 65.3 cm³/mol. The number of aryl methyl sites for hydroxylation is 3. The minimum absolute atomic E-state index is 1.10. The van der Waals surface area contributed by atoms with Crippen molar-refractivity contribution in [3.63, 3.8) is 0 Å². The molecule has 0 saturated heterocycles. The third-order valence-electron chi connectivity index (χ3n) is 2.41. The molecule has 78 valence electrons. The standard InChI is InChI=1S/C13H15NS/c1-11-14-13(10-15-11)9-5-8-12-6-3-2-4-7-12/h2-4,6-7,10H,5,8-9H2,1H3. The fourth-order valence-electron chi connectivity index (χ4n) is 1.64. The molecule has 2 heteroatoms. The average Bonchev–Trinajstić information content (AvgIpc) is 2.66. The summed E-state index contributed by atoms with van der Waals surface area (Å²) in [6.45, 7) is 2.06. The molecule has 0 spiro atoms. The zero-order chi connectivity index (χ0) is 10.5. The quantitative estimate of drug-likeness (QED) is 0.762. The Morgan fingerprint density at radius 2 is 1.93 bits per heavy atom. The number of rotatable bonds is 4. The van der Waals surface area contributed by atoms with Crippen molar-refractivity contribution in [3.8, 4) is 0 Å². The zero-order valence-corrected chi connectivity index (χ0v) is 9.76. The van der Waals surface area contributed by atoms with Crippen LogP contribution in [0, 0.1) is 6.92 Å². The number of hydrogen-bond donors (Lipinski definition) is 0. The maximum absolute atomic E-state index is 4.46. The van der Waals surface area contributed by atoms with Crippen LogP contribution in [0.5, 0.6) is 0 Å². The number of thiazole rings is 1. The van der Waals surface area contributed by atoms with Crippen LogP contribution in [0.15, 0.2) is 35.7 Å². The lowest BCUT2D eigenvalue weighted by atomic mass is 10.1. The summed E-state index contributed by atoms with van der Waals surface area (Å²) in [5, 5.41) is 3.34. The first kappa shape index (κ1) is 10.4. The SMILES string of the molecule is Cc1nc(CCCc2ccccc2)cs1. The second-order valence-corrected chi connectivity index (χ2v) is 4.76. The molecule has 0 amide bonds. The van der Waals surface area contributed by atoms with Crippen molar-refractivity contribution in [2.45, 2.75) is 26.2 Å². The lowest BCUT2D eigenvalue weighted by Crippen LogP contribution is -1.90. The maximum atomic E-state index is 4.46. The van der Waals surface area contributed by atoms with E-state index in [-0.39, 0.29) is 0 Å². The van der Waals surface area contributed by atoms with Crippen LogP contribution in [-0.4, -0.2) is 4.98 Å². The summed E-state index contributed by atoms with van der Waals surface area (Å²) in [5.41, 5.74) is 2.66. The smallest absolute Gasteiger partial charge is 0.0897 e. The van der Waals surface area contributed by atoms with Gasteiger partial charge in [0.2, 0.25) is 0 Å². The normalized spacial score (nSPS) is 10.5. The molecule has 1 heterocycles. The van der Waals surface area contributed by atoms with Crippen LogP contribution in [0.1, 0.15) is 22.7 Å². The van der Waals surface area contributed by atoms with Crippen molar-refractivity contribution < 1.29 is 0 Å². The lowest BCUT2D eigenvalue weighted by molar-refractivity contribution is 0.802. The fraction of sp³-hybridized carbons (Fsp3) is 0.308. The summed E-state index contributed by atoms with van der Waals surface area (Å²) < 4.78 is 0. The van der Waals surface area contributed by atoms with Crippen molar-refractivity contribution in [1.29, 1.82) is 0 Å². The van der Waals surface area contributed by atoms with Crippen molar-refractivity contribution in [2.24, 2.45) is 0 Å². The Morgan fingerprint density at radius 3 is 2.60 bits per heavy atom. The summed E-state index contributed by atoms with van der Waals surface area (Å²) >= 11 is 1.74. The Morgan fingerprint density at radius 1 is 1.13 bits per heavy atom. The van der Waals surface area contributed by atoms with Crippen LogP contribution in [0.3, 0.4) is 0 Å². The first-order valence-electron chi connectivity index (χ1n) is 5.29. The lowest BCUT2D eigenvalue weighted by Gasteiger charge is -1.99. The van der Waals surface area contributed by atoms with Crippen molar-refractivity contribution >= 4 is 11.3 Å². The number of aromatic nitrogens is 1. The van der Waals surface area contributed by atoms with E-state index < -0.39 is 0 Å². The zero-order valence-electron chi connectivity index (χ0n) is 8.94. The highest BCUT2D eigenvalue weighted by Crippen LogP contribution is 2.11. The van der Waals surface area contributed by atoms with Crippen molar-refractivity contribution in [1.82, 2.24) is 4.98 Å². The molecule has 0 radical (unpaired) electrons. The monoisotopic (exact) mass is 217 g/mol. The van der Waals surface area contributed by atoms with Gasteiger partial charge in [-0.05, 0) is 31.7 Å². The molecule has 1 aromatic carbocycles. The molecule has 2 aromatic rings. The van der Waals surface area contributed by atoms with Gasteiger partial charge in [-0.2, -0.15) is 0 Å². The Labute approximate surface area is 94.8 Å². The van der Waals surface area contributed by atoms with Crippen LogP contribution < -0.4 is 0 Å². The van der Waals surface area contributed by atoms with Gasteiger partial charge in [0.15, 0.2) is 0 Å². The summed E-state index contributed by atoms with van der Waals surface area (Å²) in [4.78, 5) is 4.46. The highest BCUT2D eigenvalue weighted by molar-refractivity contribution is 7.09. The Kier molecular flexibility index (Phi) is 3.51. The molecule has 0 N–H and O–H groups in total. The van der Waals surface area contributed by atoms with Crippen LogP contribution in [-0.2, 0) is 12.8 Å². The number of hydrogen-bond acceptors (Lipinski definition) is 2.